The Labute approximate surface area is 131 Å². The lowest BCUT2D eigenvalue weighted by molar-refractivity contribution is 0.449. The fourth-order valence-corrected chi connectivity index (χ4v) is 2.95. The van der Waals surface area contributed by atoms with E-state index >= 15 is 0 Å². The van der Waals surface area contributed by atoms with Gasteiger partial charge < -0.3 is 5.32 Å². The van der Waals surface area contributed by atoms with Crippen LogP contribution in [0.1, 0.15) is 43.6 Å². The molecule has 2 rings (SSSR count). The molecule has 1 aromatic heterocycles. The van der Waals surface area contributed by atoms with Crippen LogP contribution in [0.4, 0.5) is 0 Å². The van der Waals surface area contributed by atoms with Crippen molar-refractivity contribution in [1.82, 2.24) is 10.3 Å². The molecule has 2 aromatic rings. The van der Waals surface area contributed by atoms with Crippen molar-refractivity contribution in [2.45, 2.75) is 37.2 Å². The second-order valence-corrected chi connectivity index (χ2v) is 6.78. The first-order valence-corrected chi connectivity index (χ1v) is 8.76. The SMILES string of the molecule is CC[C@H](N[C@H](C)c1ccccn1)c1cccc(S(N)(=O)=O)c1. The third-order valence-corrected chi connectivity index (χ3v) is 4.49. The minimum absolute atomic E-state index is 0.0266. The van der Waals surface area contributed by atoms with Gasteiger partial charge in [-0.2, -0.15) is 0 Å². The monoisotopic (exact) mass is 319 g/mol. The summed E-state index contributed by atoms with van der Waals surface area (Å²) in [7, 11) is -3.69. The maximum atomic E-state index is 11.5. The molecule has 1 heterocycles. The quantitative estimate of drug-likeness (QED) is 0.857. The number of nitrogens with one attached hydrogen (secondary N) is 1. The third kappa shape index (κ3) is 4.13. The Balaban J connectivity index is 2.22. The predicted octanol–water partition coefficient (Wildman–Crippen LogP) is 2.53. The first-order chi connectivity index (χ1) is 10.4. The summed E-state index contributed by atoms with van der Waals surface area (Å²) in [6.45, 7) is 4.08. The molecule has 0 saturated carbocycles. The van der Waals surface area contributed by atoms with Crippen LogP contribution in [-0.2, 0) is 10.0 Å². The number of pyridine rings is 1. The number of primary sulfonamides is 1. The fraction of sp³-hybridized carbons (Fsp3) is 0.312. The summed E-state index contributed by atoms with van der Waals surface area (Å²) >= 11 is 0. The molecule has 118 valence electrons. The molecule has 22 heavy (non-hydrogen) atoms. The summed E-state index contributed by atoms with van der Waals surface area (Å²) in [4.78, 5) is 4.47. The first kappa shape index (κ1) is 16.6. The zero-order chi connectivity index (χ0) is 16.2. The second kappa shape index (κ2) is 7.00. The summed E-state index contributed by atoms with van der Waals surface area (Å²) in [6.07, 6.45) is 2.58. The van der Waals surface area contributed by atoms with Crippen LogP contribution in [0.15, 0.2) is 53.6 Å². The number of hydrogen-bond donors (Lipinski definition) is 2. The molecule has 2 atom stereocenters. The van der Waals surface area contributed by atoms with E-state index in [4.69, 9.17) is 5.14 Å². The Kier molecular flexibility index (Phi) is 5.28. The van der Waals surface area contributed by atoms with Crippen LogP contribution in [0, 0.1) is 0 Å². The van der Waals surface area contributed by atoms with Crippen molar-refractivity contribution in [2.24, 2.45) is 5.14 Å². The standard InChI is InChI=1S/C16H21N3O2S/c1-3-15(19-12(2)16-9-4-5-10-18-16)13-7-6-8-14(11-13)22(17,20)21/h4-12,15,19H,3H2,1-2H3,(H2,17,20,21)/t12-,15+/m1/s1. The molecule has 0 bridgehead atoms. The Morgan fingerprint density at radius 2 is 2.00 bits per heavy atom. The van der Waals surface area contributed by atoms with Gasteiger partial charge in [-0.25, -0.2) is 13.6 Å². The molecule has 6 heteroatoms. The van der Waals surface area contributed by atoms with Gasteiger partial charge in [-0.15, -0.1) is 0 Å². The van der Waals surface area contributed by atoms with E-state index in [1.165, 1.54) is 6.07 Å². The lowest BCUT2D eigenvalue weighted by atomic mass is 10.0. The van der Waals surface area contributed by atoms with Gasteiger partial charge in [0.25, 0.3) is 0 Å². The zero-order valence-corrected chi connectivity index (χ0v) is 13.5. The highest BCUT2D eigenvalue weighted by Crippen LogP contribution is 2.23. The maximum Gasteiger partial charge on any atom is 0.238 e. The molecule has 5 nitrogen and oxygen atoms in total. The Morgan fingerprint density at radius 1 is 1.23 bits per heavy atom. The Bertz CT molecular complexity index is 717. The van der Waals surface area contributed by atoms with E-state index in [-0.39, 0.29) is 17.0 Å². The number of benzene rings is 1. The highest BCUT2D eigenvalue weighted by atomic mass is 32.2. The van der Waals surface area contributed by atoms with Crippen LogP contribution in [0.25, 0.3) is 0 Å². The predicted molar refractivity (Wildman–Crippen MR) is 86.6 cm³/mol. The van der Waals surface area contributed by atoms with Gasteiger partial charge in [0, 0.05) is 18.3 Å². The van der Waals surface area contributed by atoms with Crippen molar-refractivity contribution >= 4 is 10.0 Å². The van der Waals surface area contributed by atoms with Crippen molar-refractivity contribution in [3.63, 3.8) is 0 Å². The average molecular weight is 319 g/mol. The first-order valence-electron chi connectivity index (χ1n) is 7.21. The maximum absolute atomic E-state index is 11.5. The topological polar surface area (TPSA) is 85.1 Å². The van der Waals surface area contributed by atoms with Crippen molar-refractivity contribution in [3.05, 3.63) is 59.9 Å². The summed E-state index contributed by atoms with van der Waals surface area (Å²) in [5.74, 6) is 0. The highest BCUT2D eigenvalue weighted by molar-refractivity contribution is 7.89. The highest BCUT2D eigenvalue weighted by Gasteiger charge is 2.16. The van der Waals surface area contributed by atoms with Crippen molar-refractivity contribution in [1.29, 1.82) is 0 Å². The number of aromatic nitrogens is 1. The van der Waals surface area contributed by atoms with E-state index in [1.807, 2.05) is 38.1 Å². The third-order valence-electron chi connectivity index (χ3n) is 3.58. The van der Waals surface area contributed by atoms with E-state index in [2.05, 4.69) is 10.3 Å². The minimum atomic E-state index is -3.69. The average Bonchev–Trinajstić information content (AvgIpc) is 2.52. The van der Waals surface area contributed by atoms with Crippen LogP contribution in [-0.4, -0.2) is 13.4 Å². The van der Waals surface area contributed by atoms with Gasteiger partial charge in [-0.05, 0) is 43.2 Å². The van der Waals surface area contributed by atoms with Gasteiger partial charge in [-0.3, -0.25) is 4.98 Å². The second-order valence-electron chi connectivity index (χ2n) is 5.22. The van der Waals surface area contributed by atoms with Crippen LogP contribution < -0.4 is 10.5 Å². The summed E-state index contributed by atoms with van der Waals surface area (Å²) < 4.78 is 23.0. The molecule has 3 N–H and O–H groups in total. The van der Waals surface area contributed by atoms with E-state index in [0.717, 1.165) is 17.7 Å². The van der Waals surface area contributed by atoms with E-state index < -0.39 is 10.0 Å². The van der Waals surface area contributed by atoms with Gasteiger partial charge in [0.1, 0.15) is 0 Å². The lowest BCUT2D eigenvalue weighted by Gasteiger charge is -2.22. The molecule has 0 unspecified atom stereocenters. The Morgan fingerprint density at radius 3 is 2.59 bits per heavy atom. The number of sulfonamides is 1. The molecule has 0 radical (unpaired) electrons. The number of rotatable bonds is 6. The van der Waals surface area contributed by atoms with Gasteiger partial charge in [0.2, 0.25) is 10.0 Å². The van der Waals surface area contributed by atoms with Crippen molar-refractivity contribution < 1.29 is 8.42 Å². The molecular weight excluding hydrogens is 298 g/mol. The lowest BCUT2D eigenvalue weighted by Crippen LogP contribution is -2.25. The zero-order valence-electron chi connectivity index (χ0n) is 12.7. The van der Waals surface area contributed by atoms with E-state index in [0.29, 0.717) is 0 Å². The molecule has 0 amide bonds. The number of nitrogens with two attached hydrogens (primary N) is 1. The van der Waals surface area contributed by atoms with Gasteiger partial charge >= 0.3 is 0 Å². The molecule has 0 fully saturated rings. The van der Waals surface area contributed by atoms with Gasteiger partial charge in [0.05, 0.1) is 10.6 Å². The van der Waals surface area contributed by atoms with E-state index in [1.54, 1.807) is 18.3 Å². The molecule has 1 aromatic carbocycles. The van der Waals surface area contributed by atoms with Crippen LogP contribution in [0.5, 0.6) is 0 Å². The normalized spacial score (nSPS) is 14.5. The summed E-state index contributed by atoms with van der Waals surface area (Å²) in [5.41, 5.74) is 1.85. The van der Waals surface area contributed by atoms with Crippen molar-refractivity contribution in [3.8, 4) is 0 Å². The largest absolute Gasteiger partial charge is 0.302 e. The van der Waals surface area contributed by atoms with Crippen LogP contribution >= 0.6 is 0 Å². The van der Waals surface area contributed by atoms with Gasteiger partial charge in [-0.1, -0.05) is 25.1 Å². The van der Waals surface area contributed by atoms with Crippen molar-refractivity contribution in [2.75, 3.05) is 0 Å². The van der Waals surface area contributed by atoms with Crippen LogP contribution in [0.3, 0.4) is 0 Å². The molecular formula is C16H21N3O2S. The molecule has 0 spiro atoms. The van der Waals surface area contributed by atoms with Crippen LogP contribution in [0.2, 0.25) is 0 Å². The smallest absolute Gasteiger partial charge is 0.238 e. The summed E-state index contributed by atoms with van der Waals surface area (Å²) in [5, 5.41) is 8.68. The minimum Gasteiger partial charge on any atom is -0.302 e. The Hall–Kier alpha value is -1.76. The van der Waals surface area contributed by atoms with E-state index in [9.17, 15) is 8.42 Å². The fourth-order valence-electron chi connectivity index (χ4n) is 2.38. The summed E-state index contributed by atoms with van der Waals surface area (Å²) in [6, 6.07) is 12.6. The molecule has 0 aliphatic rings. The molecule has 0 saturated heterocycles. The molecule has 0 aliphatic carbocycles. The van der Waals surface area contributed by atoms with Gasteiger partial charge in [0.15, 0.2) is 0 Å². The number of hydrogen-bond acceptors (Lipinski definition) is 4. The molecule has 0 aliphatic heterocycles. The number of nitrogens with zero attached hydrogens (tertiary/aromatic N) is 1.